The van der Waals surface area contributed by atoms with E-state index in [2.05, 4.69) is 15.2 Å². The maximum absolute atomic E-state index is 13.0. The summed E-state index contributed by atoms with van der Waals surface area (Å²) >= 11 is 1.42. The standard InChI is InChI=1S/C18H19N5O2S/c1-13-16(26-18(20-13)22-9-2-3-10-22)17(24)23-11-5-6-14(12-23)25-15-7-4-8-19-21-15/h2-4,7-10,14H,5-6,11-12H2,1H3. The molecule has 0 N–H and O–H groups in total. The third-order valence-electron chi connectivity index (χ3n) is 4.31. The minimum absolute atomic E-state index is 0.0193. The quantitative estimate of drug-likeness (QED) is 0.707. The summed E-state index contributed by atoms with van der Waals surface area (Å²) in [7, 11) is 0. The summed E-state index contributed by atoms with van der Waals surface area (Å²) in [6, 6.07) is 7.45. The number of hydrogen-bond donors (Lipinski definition) is 0. The molecule has 1 amide bonds. The van der Waals surface area contributed by atoms with Crippen LogP contribution in [0.5, 0.6) is 5.88 Å². The summed E-state index contributed by atoms with van der Waals surface area (Å²) in [6.07, 6.45) is 7.20. The Kier molecular flexibility index (Phi) is 4.66. The van der Waals surface area contributed by atoms with E-state index in [0.29, 0.717) is 17.3 Å². The van der Waals surface area contributed by atoms with Gasteiger partial charge in [-0.2, -0.15) is 5.10 Å². The fourth-order valence-corrected chi connectivity index (χ4v) is 4.04. The van der Waals surface area contributed by atoms with Gasteiger partial charge in [-0.1, -0.05) is 11.3 Å². The van der Waals surface area contributed by atoms with E-state index in [1.54, 1.807) is 18.3 Å². The van der Waals surface area contributed by atoms with Crippen molar-refractivity contribution in [1.29, 1.82) is 0 Å². The zero-order valence-corrected chi connectivity index (χ0v) is 15.2. The summed E-state index contributed by atoms with van der Waals surface area (Å²) < 4.78 is 7.80. The lowest BCUT2D eigenvalue weighted by molar-refractivity contribution is 0.0529. The molecule has 0 aliphatic carbocycles. The van der Waals surface area contributed by atoms with Crippen molar-refractivity contribution in [3.8, 4) is 11.0 Å². The maximum atomic E-state index is 13.0. The van der Waals surface area contributed by atoms with E-state index in [1.807, 2.05) is 40.9 Å². The molecule has 8 heteroatoms. The van der Waals surface area contributed by atoms with Crippen molar-refractivity contribution in [1.82, 2.24) is 24.6 Å². The van der Waals surface area contributed by atoms with Crippen LogP contribution >= 0.6 is 11.3 Å². The lowest BCUT2D eigenvalue weighted by atomic mass is 10.1. The average Bonchev–Trinajstić information content (AvgIpc) is 3.32. The van der Waals surface area contributed by atoms with Crippen molar-refractivity contribution >= 4 is 17.2 Å². The van der Waals surface area contributed by atoms with Crippen LogP contribution in [-0.2, 0) is 0 Å². The van der Waals surface area contributed by atoms with Crippen LogP contribution in [0.3, 0.4) is 0 Å². The smallest absolute Gasteiger partial charge is 0.266 e. The van der Waals surface area contributed by atoms with Crippen molar-refractivity contribution in [3.63, 3.8) is 0 Å². The van der Waals surface area contributed by atoms with E-state index in [1.165, 1.54) is 11.3 Å². The Morgan fingerprint density at radius 1 is 1.31 bits per heavy atom. The van der Waals surface area contributed by atoms with Gasteiger partial charge >= 0.3 is 0 Å². The van der Waals surface area contributed by atoms with Gasteiger partial charge in [-0.15, -0.1) is 5.10 Å². The number of rotatable bonds is 4. The molecule has 1 atom stereocenters. The first-order valence-electron chi connectivity index (χ1n) is 8.55. The van der Waals surface area contributed by atoms with Gasteiger partial charge < -0.3 is 14.2 Å². The van der Waals surface area contributed by atoms with Crippen LogP contribution in [0.4, 0.5) is 0 Å². The molecule has 4 heterocycles. The molecule has 0 spiro atoms. The molecule has 26 heavy (non-hydrogen) atoms. The Labute approximate surface area is 155 Å². The first-order chi connectivity index (χ1) is 12.7. The van der Waals surface area contributed by atoms with Crippen molar-refractivity contribution in [2.45, 2.75) is 25.9 Å². The lowest BCUT2D eigenvalue weighted by Crippen LogP contribution is -2.44. The molecule has 1 aliphatic heterocycles. The van der Waals surface area contributed by atoms with E-state index < -0.39 is 0 Å². The Morgan fingerprint density at radius 3 is 2.92 bits per heavy atom. The molecule has 0 saturated carbocycles. The predicted octanol–water partition coefficient (Wildman–Crippen LogP) is 2.72. The molecule has 0 aromatic carbocycles. The molecule has 0 bridgehead atoms. The largest absolute Gasteiger partial charge is 0.471 e. The number of aryl methyl sites for hydroxylation is 1. The summed E-state index contributed by atoms with van der Waals surface area (Å²) in [5.41, 5.74) is 0.765. The van der Waals surface area contributed by atoms with Crippen LogP contribution in [-0.4, -0.2) is 49.7 Å². The molecule has 4 rings (SSSR count). The maximum Gasteiger partial charge on any atom is 0.266 e. The second-order valence-electron chi connectivity index (χ2n) is 6.20. The fraction of sp³-hybridized carbons (Fsp3) is 0.333. The zero-order chi connectivity index (χ0) is 17.9. The molecule has 3 aromatic rings. The molecule has 1 fully saturated rings. The van der Waals surface area contributed by atoms with E-state index in [-0.39, 0.29) is 12.0 Å². The number of aromatic nitrogens is 4. The van der Waals surface area contributed by atoms with Gasteiger partial charge in [0.15, 0.2) is 5.13 Å². The van der Waals surface area contributed by atoms with Crippen LogP contribution in [0.15, 0.2) is 42.9 Å². The third kappa shape index (κ3) is 3.45. The van der Waals surface area contributed by atoms with Crippen LogP contribution in [0.1, 0.15) is 28.2 Å². The Balaban J connectivity index is 1.47. The van der Waals surface area contributed by atoms with Crippen molar-refractivity contribution in [2.24, 2.45) is 0 Å². The fourth-order valence-electron chi connectivity index (χ4n) is 3.04. The number of thiazole rings is 1. The van der Waals surface area contributed by atoms with Gasteiger partial charge in [0.05, 0.1) is 12.2 Å². The lowest BCUT2D eigenvalue weighted by Gasteiger charge is -2.32. The number of likely N-dealkylation sites (tertiary alicyclic amines) is 1. The Morgan fingerprint density at radius 2 is 2.15 bits per heavy atom. The number of nitrogens with zero attached hydrogens (tertiary/aromatic N) is 5. The van der Waals surface area contributed by atoms with Gasteiger partial charge in [0.1, 0.15) is 11.0 Å². The molecule has 1 aliphatic rings. The molecule has 7 nitrogen and oxygen atoms in total. The topological polar surface area (TPSA) is 73.1 Å². The zero-order valence-electron chi connectivity index (χ0n) is 14.4. The highest BCUT2D eigenvalue weighted by molar-refractivity contribution is 7.16. The number of piperidine rings is 1. The van der Waals surface area contributed by atoms with E-state index in [9.17, 15) is 4.79 Å². The van der Waals surface area contributed by atoms with Gasteiger partial charge in [0.25, 0.3) is 5.91 Å². The van der Waals surface area contributed by atoms with Crippen LogP contribution in [0, 0.1) is 6.92 Å². The Hall–Kier alpha value is -2.74. The average molecular weight is 369 g/mol. The van der Waals surface area contributed by atoms with Crippen molar-refractivity contribution in [2.75, 3.05) is 13.1 Å². The van der Waals surface area contributed by atoms with E-state index in [4.69, 9.17) is 4.74 Å². The van der Waals surface area contributed by atoms with Gasteiger partial charge in [-0.3, -0.25) is 4.79 Å². The van der Waals surface area contributed by atoms with Crippen molar-refractivity contribution < 1.29 is 9.53 Å². The normalized spacial score (nSPS) is 17.3. The van der Waals surface area contributed by atoms with Gasteiger partial charge in [-0.25, -0.2) is 4.98 Å². The highest BCUT2D eigenvalue weighted by atomic mass is 32.1. The third-order valence-corrected chi connectivity index (χ3v) is 5.46. The second kappa shape index (κ2) is 7.25. The second-order valence-corrected chi connectivity index (χ2v) is 7.17. The summed E-state index contributed by atoms with van der Waals surface area (Å²) in [5, 5.41) is 8.59. The van der Waals surface area contributed by atoms with Gasteiger partial charge in [-0.05, 0) is 38.0 Å². The van der Waals surface area contributed by atoms with E-state index in [0.717, 1.165) is 30.2 Å². The molecule has 134 valence electrons. The number of carbonyl (C=O) groups excluding carboxylic acids is 1. The first kappa shape index (κ1) is 16.7. The number of hydrogen-bond acceptors (Lipinski definition) is 6. The molecule has 3 aromatic heterocycles. The van der Waals surface area contributed by atoms with Crippen molar-refractivity contribution in [3.05, 3.63) is 53.4 Å². The summed E-state index contributed by atoms with van der Waals surface area (Å²) in [5.74, 6) is 0.515. The minimum Gasteiger partial charge on any atom is -0.471 e. The minimum atomic E-state index is -0.0680. The number of amides is 1. The SMILES string of the molecule is Cc1nc(-n2cccc2)sc1C(=O)N1CCCC(Oc2cccnn2)C1. The monoisotopic (exact) mass is 369 g/mol. The summed E-state index contributed by atoms with van der Waals surface area (Å²) in [4.78, 5) is 20.1. The van der Waals surface area contributed by atoms with Crippen LogP contribution in [0.25, 0.3) is 5.13 Å². The molecule has 1 saturated heterocycles. The van der Waals surface area contributed by atoms with Gasteiger partial charge in [0.2, 0.25) is 5.88 Å². The number of carbonyl (C=O) groups is 1. The van der Waals surface area contributed by atoms with Crippen LogP contribution in [0.2, 0.25) is 0 Å². The van der Waals surface area contributed by atoms with Crippen LogP contribution < -0.4 is 4.74 Å². The Bertz CT molecular complexity index is 878. The highest BCUT2D eigenvalue weighted by Crippen LogP contribution is 2.25. The number of ether oxygens (including phenoxy) is 1. The highest BCUT2D eigenvalue weighted by Gasteiger charge is 2.28. The summed E-state index contributed by atoms with van der Waals surface area (Å²) in [6.45, 7) is 3.16. The first-order valence-corrected chi connectivity index (χ1v) is 9.37. The predicted molar refractivity (Wildman–Crippen MR) is 97.8 cm³/mol. The molecular formula is C18H19N5O2S. The molecule has 1 unspecified atom stereocenters. The molecular weight excluding hydrogens is 350 g/mol. The van der Waals surface area contributed by atoms with E-state index >= 15 is 0 Å². The van der Waals surface area contributed by atoms with Gasteiger partial charge in [0, 0.05) is 31.2 Å². The molecule has 0 radical (unpaired) electrons.